The van der Waals surface area contributed by atoms with Crippen LogP contribution < -0.4 is 5.32 Å². The van der Waals surface area contributed by atoms with E-state index in [0.717, 1.165) is 27.6 Å². The minimum atomic E-state index is 0.342. The Labute approximate surface area is 133 Å². The maximum Gasteiger partial charge on any atom is 0.0795 e. The van der Waals surface area contributed by atoms with E-state index in [1.165, 1.54) is 5.56 Å². The fourth-order valence-corrected chi connectivity index (χ4v) is 3.12. The number of nitrogens with one attached hydrogen (secondary N) is 1. The van der Waals surface area contributed by atoms with Gasteiger partial charge in [0.15, 0.2) is 0 Å². The molecule has 1 aromatic heterocycles. The van der Waals surface area contributed by atoms with Crippen molar-refractivity contribution in [3.8, 4) is 5.69 Å². The van der Waals surface area contributed by atoms with Crippen LogP contribution in [0.1, 0.15) is 25.5 Å². The summed E-state index contributed by atoms with van der Waals surface area (Å²) in [6, 6.07) is 15.0. The molecule has 0 aliphatic carbocycles. The van der Waals surface area contributed by atoms with Crippen LogP contribution >= 0.6 is 15.9 Å². The number of hydrogen-bond donors (Lipinski definition) is 1. The second kappa shape index (κ2) is 6.00. The molecule has 0 fully saturated rings. The molecule has 0 saturated heterocycles. The molecule has 3 nitrogen and oxygen atoms in total. The average molecular weight is 344 g/mol. The number of fused-ring (bicyclic) bond motifs is 1. The van der Waals surface area contributed by atoms with Gasteiger partial charge >= 0.3 is 0 Å². The monoisotopic (exact) mass is 343 g/mol. The van der Waals surface area contributed by atoms with Gasteiger partial charge < -0.3 is 5.32 Å². The highest BCUT2D eigenvalue weighted by atomic mass is 79.9. The van der Waals surface area contributed by atoms with Crippen LogP contribution in [-0.4, -0.2) is 16.3 Å². The standard InChI is InChI=1S/C17H18BrN3/c1-3-19-12(2)13-8-9-17(15(18)10-13)21-16-7-5-4-6-14(16)11-20-21/h4-12,19H,3H2,1-2H3. The summed E-state index contributed by atoms with van der Waals surface area (Å²) in [4.78, 5) is 0. The summed E-state index contributed by atoms with van der Waals surface area (Å²) < 4.78 is 3.03. The molecule has 0 aliphatic rings. The van der Waals surface area contributed by atoms with Crippen molar-refractivity contribution < 1.29 is 0 Å². The molecule has 3 rings (SSSR count). The van der Waals surface area contributed by atoms with Gasteiger partial charge in [0.25, 0.3) is 0 Å². The fourth-order valence-electron chi connectivity index (χ4n) is 2.55. The van der Waals surface area contributed by atoms with Gasteiger partial charge in [-0.2, -0.15) is 5.10 Å². The predicted octanol–water partition coefficient (Wildman–Crippen LogP) is 4.46. The van der Waals surface area contributed by atoms with Gasteiger partial charge in [0.05, 0.1) is 17.4 Å². The SMILES string of the molecule is CCNC(C)c1ccc(-n2ncc3ccccc32)c(Br)c1. The van der Waals surface area contributed by atoms with E-state index >= 15 is 0 Å². The summed E-state index contributed by atoms with van der Waals surface area (Å²) in [5.41, 5.74) is 3.44. The molecule has 0 saturated carbocycles. The first-order chi connectivity index (χ1) is 10.2. The molecule has 0 spiro atoms. The number of rotatable bonds is 4. The van der Waals surface area contributed by atoms with Gasteiger partial charge in [-0.05, 0) is 53.2 Å². The second-order valence-electron chi connectivity index (χ2n) is 5.11. The van der Waals surface area contributed by atoms with Crippen LogP contribution in [0.3, 0.4) is 0 Å². The Balaban J connectivity index is 2.03. The van der Waals surface area contributed by atoms with Gasteiger partial charge in [-0.1, -0.05) is 31.2 Å². The van der Waals surface area contributed by atoms with Crippen molar-refractivity contribution >= 4 is 26.8 Å². The first kappa shape index (κ1) is 14.3. The molecule has 2 aromatic carbocycles. The zero-order chi connectivity index (χ0) is 14.8. The Morgan fingerprint density at radius 3 is 2.81 bits per heavy atom. The molecule has 0 amide bonds. The first-order valence-electron chi connectivity index (χ1n) is 7.16. The molecular formula is C17H18BrN3. The summed E-state index contributed by atoms with van der Waals surface area (Å²) in [6.45, 7) is 5.26. The smallest absolute Gasteiger partial charge is 0.0795 e. The highest BCUT2D eigenvalue weighted by Gasteiger charge is 2.10. The van der Waals surface area contributed by atoms with Crippen LogP contribution in [0, 0.1) is 0 Å². The lowest BCUT2D eigenvalue weighted by Gasteiger charge is -2.15. The Morgan fingerprint density at radius 2 is 2.05 bits per heavy atom. The average Bonchev–Trinajstić information content (AvgIpc) is 2.91. The molecule has 108 valence electrons. The highest BCUT2D eigenvalue weighted by molar-refractivity contribution is 9.10. The zero-order valence-corrected chi connectivity index (χ0v) is 13.8. The van der Waals surface area contributed by atoms with E-state index in [0.29, 0.717) is 6.04 Å². The maximum absolute atomic E-state index is 4.51. The van der Waals surface area contributed by atoms with Gasteiger partial charge in [0.1, 0.15) is 0 Å². The van der Waals surface area contributed by atoms with Gasteiger partial charge in [0, 0.05) is 15.9 Å². The quantitative estimate of drug-likeness (QED) is 0.757. The largest absolute Gasteiger partial charge is 0.310 e. The lowest BCUT2D eigenvalue weighted by Crippen LogP contribution is -2.17. The molecule has 21 heavy (non-hydrogen) atoms. The summed E-state index contributed by atoms with van der Waals surface area (Å²) in [6.07, 6.45) is 1.90. The van der Waals surface area contributed by atoms with Crippen LogP contribution in [-0.2, 0) is 0 Å². The zero-order valence-electron chi connectivity index (χ0n) is 12.2. The topological polar surface area (TPSA) is 29.9 Å². The predicted molar refractivity (Wildman–Crippen MR) is 90.9 cm³/mol. The van der Waals surface area contributed by atoms with E-state index in [9.17, 15) is 0 Å². The third-order valence-corrected chi connectivity index (χ3v) is 4.32. The van der Waals surface area contributed by atoms with E-state index in [4.69, 9.17) is 0 Å². The minimum absolute atomic E-state index is 0.342. The molecule has 1 N–H and O–H groups in total. The summed E-state index contributed by atoms with van der Waals surface area (Å²) in [5.74, 6) is 0. The van der Waals surface area contributed by atoms with Crippen molar-refractivity contribution in [2.75, 3.05) is 6.54 Å². The Bertz CT molecular complexity index is 764. The van der Waals surface area contributed by atoms with Crippen molar-refractivity contribution in [2.45, 2.75) is 19.9 Å². The Morgan fingerprint density at radius 1 is 1.24 bits per heavy atom. The van der Waals surface area contributed by atoms with E-state index in [1.54, 1.807) is 0 Å². The van der Waals surface area contributed by atoms with Gasteiger partial charge in [0.2, 0.25) is 0 Å². The number of para-hydroxylation sites is 1. The van der Waals surface area contributed by atoms with Crippen LogP contribution in [0.2, 0.25) is 0 Å². The van der Waals surface area contributed by atoms with E-state index < -0.39 is 0 Å². The number of aromatic nitrogens is 2. The molecule has 1 atom stereocenters. The molecule has 3 aromatic rings. The van der Waals surface area contributed by atoms with Gasteiger partial charge in [-0.25, -0.2) is 4.68 Å². The molecular weight excluding hydrogens is 326 g/mol. The first-order valence-corrected chi connectivity index (χ1v) is 7.96. The third-order valence-electron chi connectivity index (χ3n) is 3.69. The number of benzene rings is 2. The van der Waals surface area contributed by atoms with Gasteiger partial charge in [-0.15, -0.1) is 0 Å². The van der Waals surface area contributed by atoms with Crippen molar-refractivity contribution in [3.63, 3.8) is 0 Å². The minimum Gasteiger partial charge on any atom is -0.310 e. The molecule has 0 radical (unpaired) electrons. The van der Waals surface area contributed by atoms with Crippen molar-refractivity contribution in [3.05, 3.63) is 58.7 Å². The van der Waals surface area contributed by atoms with Gasteiger partial charge in [-0.3, -0.25) is 0 Å². The molecule has 4 heteroatoms. The summed E-state index contributed by atoms with van der Waals surface area (Å²) >= 11 is 3.69. The maximum atomic E-state index is 4.51. The van der Waals surface area contributed by atoms with Crippen molar-refractivity contribution in [2.24, 2.45) is 0 Å². The molecule has 0 bridgehead atoms. The Hall–Kier alpha value is -1.65. The molecule has 1 heterocycles. The molecule has 0 aliphatic heterocycles. The van der Waals surface area contributed by atoms with Crippen LogP contribution in [0.15, 0.2) is 53.1 Å². The van der Waals surface area contributed by atoms with Crippen LogP contribution in [0.4, 0.5) is 0 Å². The lowest BCUT2D eigenvalue weighted by molar-refractivity contribution is 0.597. The van der Waals surface area contributed by atoms with E-state index in [-0.39, 0.29) is 0 Å². The second-order valence-corrected chi connectivity index (χ2v) is 5.96. The van der Waals surface area contributed by atoms with Crippen molar-refractivity contribution in [1.29, 1.82) is 0 Å². The number of hydrogen-bond acceptors (Lipinski definition) is 2. The van der Waals surface area contributed by atoms with Crippen LogP contribution in [0.5, 0.6) is 0 Å². The molecule has 1 unspecified atom stereocenters. The number of halogens is 1. The highest BCUT2D eigenvalue weighted by Crippen LogP contribution is 2.27. The van der Waals surface area contributed by atoms with Crippen molar-refractivity contribution in [1.82, 2.24) is 15.1 Å². The lowest BCUT2D eigenvalue weighted by atomic mass is 10.1. The van der Waals surface area contributed by atoms with E-state index in [1.807, 2.05) is 23.0 Å². The number of nitrogens with zero attached hydrogens (tertiary/aromatic N) is 2. The summed E-state index contributed by atoms with van der Waals surface area (Å²) in [5, 5.41) is 9.09. The summed E-state index contributed by atoms with van der Waals surface area (Å²) in [7, 11) is 0. The third kappa shape index (κ3) is 2.74. The normalized spacial score (nSPS) is 12.7. The Kier molecular flexibility index (Phi) is 4.08. The van der Waals surface area contributed by atoms with Crippen LogP contribution in [0.25, 0.3) is 16.6 Å². The fraction of sp³-hybridized carbons (Fsp3) is 0.235. The van der Waals surface area contributed by atoms with E-state index in [2.05, 4.69) is 70.5 Å².